The molecule has 0 saturated heterocycles. The fourth-order valence-electron chi connectivity index (χ4n) is 2.05. The second kappa shape index (κ2) is 6.72. The number of amides is 1. The molecule has 0 aliphatic carbocycles. The van der Waals surface area contributed by atoms with Crippen LogP contribution in [0.5, 0.6) is 0 Å². The Bertz CT molecular complexity index is 660. The molecule has 1 amide bonds. The van der Waals surface area contributed by atoms with Crippen LogP contribution in [-0.2, 0) is 4.79 Å². The molecule has 0 aromatic heterocycles. The summed E-state index contributed by atoms with van der Waals surface area (Å²) in [5, 5.41) is 5.77. The Kier molecular flexibility index (Phi) is 4.96. The van der Waals surface area contributed by atoms with E-state index in [4.69, 9.17) is 0 Å². The second-order valence-corrected chi connectivity index (χ2v) is 5.62. The Morgan fingerprint density at radius 3 is 2.62 bits per heavy atom. The van der Waals surface area contributed by atoms with E-state index in [1.54, 1.807) is 12.1 Å². The molecule has 3 nitrogen and oxygen atoms in total. The van der Waals surface area contributed by atoms with Gasteiger partial charge in [0, 0.05) is 23.1 Å². The number of benzene rings is 2. The van der Waals surface area contributed by atoms with Gasteiger partial charge in [-0.3, -0.25) is 4.79 Å². The summed E-state index contributed by atoms with van der Waals surface area (Å²) < 4.78 is 14.6. The molecule has 1 atom stereocenters. The zero-order chi connectivity index (χ0) is 15.4. The first-order chi connectivity index (χ1) is 9.97. The van der Waals surface area contributed by atoms with Crippen molar-refractivity contribution in [1.29, 1.82) is 0 Å². The minimum absolute atomic E-state index is 0.0382. The smallest absolute Gasteiger partial charge is 0.221 e. The zero-order valence-corrected chi connectivity index (χ0v) is 13.4. The largest absolute Gasteiger partial charge is 0.378 e. The number of carbonyl (C=O) groups excluding carboxylic acids is 1. The Labute approximate surface area is 131 Å². The summed E-state index contributed by atoms with van der Waals surface area (Å²) in [5.74, 6) is -0.755. The highest BCUT2D eigenvalue weighted by Crippen LogP contribution is 2.27. The Morgan fingerprint density at radius 2 is 1.95 bits per heavy atom. The van der Waals surface area contributed by atoms with Gasteiger partial charge in [-0.1, -0.05) is 34.1 Å². The van der Waals surface area contributed by atoms with Gasteiger partial charge in [0.15, 0.2) is 0 Å². The summed E-state index contributed by atoms with van der Waals surface area (Å²) in [6.07, 6.45) is 0. The van der Waals surface area contributed by atoms with Crippen LogP contribution in [0.4, 0.5) is 15.8 Å². The van der Waals surface area contributed by atoms with Crippen molar-refractivity contribution in [2.45, 2.75) is 19.9 Å². The van der Waals surface area contributed by atoms with E-state index < -0.39 is 5.82 Å². The standard InChI is InChI=1S/C16H16BrFN2O/c1-10(13-5-3-4-6-14(13)17)19-12-7-8-15(18)16(9-12)20-11(2)21/h3-10,19H,1-2H3,(H,20,21). The van der Waals surface area contributed by atoms with Crippen LogP contribution in [0.1, 0.15) is 25.5 Å². The molecule has 0 spiro atoms. The molecule has 0 heterocycles. The molecule has 0 bridgehead atoms. The van der Waals surface area contributed by atoms with Gasteiger partial charge in [0.25, 0.3) is 0 Å². The molecule has 2 aromatic rings. The first-order valence-electron chi connectivity index (χ1n) is 6.55. The lowest BCUT2D eigenvalue weighted by Gasteiger charge is -2.18. The number of carbonyl (C=O) groups is 1. The third-order valence-corrected chi connectivity index (χ3v) is 3.75. The normalized spacial score (nSPS) is 11.8. The Morgan fingerprint density at radius 1 is 1.24 bits per heavy atom. The van der Waals surface area contributed by atoms with Gasteiger partial charge in [0.1, 0.15) is 5.82 Å². The van der Waals surface area contributed by atoms with Crippen molar-refractivity contribution in [2.75, 3.05) is 10.6 Å². The fraction of sp³-hybridized carbons (Fsp3) is 0.188. The highest BCUT2D eigenvalue weighted by molar-refractivity contribution is 9.10. The van der Waals surface area contributed by atoms with Crippen molar-refractivity contribution in [3.63, 3.8) is 0 Å². The highest BCUT2D eigenvalue weighted by atomic mass is 79.9. The predicted molar refractivity (Wildman–Crippen MR) is 86.9 cm³/mol. The number of rotatable bonds is 4. The first-order valence-corrected chi connectivity index (χ1v) is 7.35. The maximum atomic E-state index is 13.6. The van der Waals surface area contributed by atoms with E-state index in [1.165, 1.54) is 13.0 Å². The van der Waals surface area contributed by atoms with Gasteiger partial charge < -0.3 is 10.6 Å². The number of nitrogens with one attached hydrogen (secondary N) is 2. The van der Waals surface area contributed by atoms with E-state index in [9.17, 15) is 9.18 Å². The maximum absolute atomic E-state index is 13.6. The maximum Gasteiger partial charge on any atom is 0.221 e. The van der Waals surface area contributed by atoms with Gasteiger partial charge >= 0.3 is 0 Å². The molecule has 0 aliphatic rings. The quantitative estimate of drug-likeness (QED) is 0.837. The fourth-order valence-corrected chi connectivity index (χ4v) is 2.68. The van der Waals surface area contributed by atoms with Crippen molar-refractivity contribution in [1.82, 2.24) is 0 Å². The SMILES string of the molecule is CC(=O)Nc1cc(NC(C)c2ccccc2Br)ccc1F. The van der Waals surface area contributed by atoms with Crippen molar-refractivity contribution >= 4 is 33.2 Å². The predicted octanol–water partition coefficient (Wildman–Crippen LogP) is 4.72. The molecule has 110 valence electrons. The monoisotopic (exact) mass is 350 g/mol. The third-order valence-electron chi connectivity index (χ3n) is 3.03. The topological polar surface area (TPSA) is 41.1 Å². The summed E-state index contributed by atoms with van der Waals surface area (Å²) in [5.41, 5.74) is 2.01. The van der Waals surface area contributed by atoms with E-state index in [0.717, 1.165) is 15.7 Å². The second-order valence-electron chi connectivity index (χ2n) is 4.76. The average Bonchev–Trinajstić information content (AvgIpc) is 2.42. The highest BCUT2D eigenvalue weighted by Gasteiger charge is 2.10. The molecular weight excluding hydrogens is 335 g/mol. The van der Waals surface area contributed by atoms with E-state index >= 15 is 0 Å². The average molecular weight is 351 g/mol. The van der Waals surface area contributed by atoms with E-state index in [0.29, 0.717) is 0 Å². The summed E-state index contributed by atoms with van der Waals surface area (Å²) in [4.78, 5) is 11.1. The molecule has 0 aliphatic heterocycles. The molecule has 5 heteroatoms. The van der Waals surface area contributed by atoms with Crippen LogP contribution in [-0.4, -0.2) is 5.91 Å². The summed E-state index contributed by atoms with van der Waals surface area (Å²) in [6.45, 7) is 3.37. The molecule has 0 fully saturated rings. The van der Waals surface area contributed by atoms with E-state index in [2.05, 4.69) is 26.6 Å². The number of halogens is 2. The van der Waals surface area contributed by atoms with Crippen LogP contribution >= 0.6 is 15.9 Å². The lowest BCUT2D eigenvalue weighted by Crippen LogP contribution is -2.10. The van der Waals surface area contributed by atoms with Gasteiger partial charge in [0.05, 0.1) is 5.69 Å². The van der Waals surface area contributed by atoms with Crippen LogP contribution in [0.2, 0.25) is 0 Å². The third kappa shape index (κ3) is 4.04. The molecule has 21 heavy (non-hydrogen) atoms. The van der Waals surface area contributed by atoms with Gasteiger partial charge in [-0.2, -0.15) is 0 Å². The van der Waals surface area contributed by atoms with Crippen LogP contribution in [0.25, 0.3) is 0 Å². The van der Waals surface area contributed by atoms with Gasteiger partial charge in [-0.25, -0.2) is 4.39 Å². The van der Waals surface area contributed by atoms with Gasteiger partial charge in [-0.15, -0.1) is 0 Å². The first kappa shape index (κ1) is 15.5. The lowest BCUT2D eigenvalue weighted by atomic mass is 10.1. The minimum atomic E-state index is -0.454. The Balaban J connectivity index is 2.20. The summed E-state index contributed by atoms with van der Waals surface area (Å²) in [7, 11) is 0. The van der Waals surface area contributed by atoms with Crippen LogP contribution < -0.4 is 10.6 Å². The van der Waals surface area contributed by atoms with E-state index in [1.807, 2.05) is 31.2 Å². The van der Waals surface area contributed by atoms with Gasteiger partial charge in [0.2, 0.25) is 5.91 Å². The van der Waals surface area contributed by atoms with Crippen molar-refractivity contribution in [3.8, 4) is 0 Å². The molecule has 2 N–H and O–H groups in total. The lowest BCUT2D eigenvalue weighted by molar-refractivity contribution is -0.114. The number of hydrogen-bond donors (Lipinski definition) is 2. The summed E-state index contributed by atoms with van der Waals surface area (Å²) in [6, 6.07) is 12.5. The Hall–Kier alpha value is -1.88. The molecule has 2 aromatic carbocycles. The molecule has 1 unspecified atom stereocenters. The van der Waals surface area contributed by atoms with Crippen molar-refractivity contribution in [3.05, 3.63) is 58.3 Å². The minimum Gasteiger partial charge on any atom is -0.378 e. The van der Waals surface area contributed by atoms with Crippen LogP contribution in [0.3, 0.4) is 0 Å². The molecule has 0 saturated carbocycles. The number of hydrogen-bond acceptors (Lipinski definition) is 2. The van der Waals surface area contributed by atoms with Crippen LogP contribution in [0, 0.1) is 5.82 Å². The van der Waals surface area contributed by atoms with Crippen molar-refractivity contribution < 1.29 is 9.18 Å². The van der Waals surface area contributed by atoms with E-state index in [-0.39, 0.29) is 17.6 Å². The van der Waals surface area contributed by atoms with Gasteiger partial charge in [-0.05, 0) is 36.8 Å². The van der Waals surface area contributed by atoms with Crippen LogP contribution in [0.15, 0.2) is 46.9 Å². The molecule has 0 radical (unpaired) electrons. The summed E-state index contributed by atoms with van der Waals surface area (Å²) >= 11 is 3.51. The zero-order valence-electron chi connectivity index (χ0n) is 11.8. The molecular formula is C16H16BrFN2O. The molecule has 2 rings (SSSR count). The van der Waals surface area contributed by atoms with Crippen molar-refractivity contribution in [2.24, 2.45) is 0 Å². The number of anilines is 2.